The molecule has 2 N–H and O–H groups in total. The van der Waals surface area contributed by atoms with Crippen LogP contribution in [0.3, 0.4) is 0 Å². The molecule has 3 aromatic rings. The predicted octanol–water partition coefficient (Wildman–Crippen LogP) is 5.98. The van der Waals surface area contributed by atoms with Gasteiger partial charge in [-0.25, -0.2) is 4.98 Å². The van der Waals surface area contributed by atoms with Gasteiger partial charge < -0.3 is 19.8 Å². The fourth-order valence-electron chi connectivity index (χ4n) is 3.39. The second-order valence-electron chi connectivity index (χ2n) is 7.00. The van der Waals surface area contributed by atoms with Crippen molar-refractivity contribution in [2.45, 2.75) is 30.3 Å². The largest absolute Gasteiger partial charge is 0.399 e. The molecule has 0 unspecified atom stereocenters. The highest BCUT2D eigenvalue weighted by molar-refractivity contribution is 7.99. The third-order valence-corrected chi connectivity index (χ3v) is 6.63. The van der Waals surface area contributed by atoms with Crippen LogP contribution in [-0.2, 0) is 21.8 Å². The molecular weight excluding hydrogens is 500 g/mol. The number of hydrogen-bond donors (Lipinski definition) is 1. The van der Waals surface area contributed by atoms with E-state index in [1.165, 1.54) is 4.90 Å². The summed E-state index contributed by atoms with van der Waals surface area (Å²) in [5.74, 6) is -0.245. The van der Waals surface area contributed by atoms with Gasteiger partial charge in [0.05, 0.1) is 30.6 Å². The molecule has 1 fully saturated rings. The fraction of sp³-hybridized carbons (Fsp3) is 0.286. The SMILES string of the molecule is Cc1cc(N)ccc1SC[C@@H]1CO[C@@](Cn2ccnc2)(c2ccc(Cl)cc2Cl)O1.Cl.Cl. The van der Waals surface area contributed by atoms with Gasteiger partial charge in [-0.1, -0.05) is 29.3 Å². The van der Waals surface area contributed by atoms with Gasteiger partial charge in [-0.3, -0.25) is 0 Å². The minimum atomic E-state index is -0.996. The van der Waals surface area contributed by atoms with E-state index in [0.717, 1.165) is 22.6 Å². The average Bonchev–Trinajstić information content (AvgIpc) is 3.32. The lowest BCUT2D eigenvalue weighted by Crippen LogP contribution is -2.34. The van der Waals surface area contributed by atoms with Gasteiger partial charge in [0.25, 0.3) is 0 Å². The number of anilines is 1. The molecule has 168 valence electrons. The second-order valence-corrected chi connectivity index (χ2v) is 8.90. The minimum absolute atomic E-state index is 0. The first-order valence-electron chi connectivity index (χ1n) is 9.17. The lowest BCUT2D eigenvalue weighted by atomic mass is 10.1. The summed E-state index contributed by atoms with van der Waals surface area (Å²) >= 11 is 14.3. The molecule has 1 saturated heterocycles. The number of imidazole rings is 1. The van der Waals surface area contributed by atoms with E-state index in [1.54, 1.807) is 36.4 Å². The maximum absolute atomic E-state index is 6.51. The number of halogens is 4. The Bertz CT molecular complexity index is 1010. The maximum Gasteiger partial charge on any atom is 0.215 e. The third-order valence-electron chi connectivity index (χ3n) is 4.77. The van der Waals surface area contributed by atoms with E-state index in [2.05, 4.69) is 11.9 Å². The summed E-state index contributed by atoms with van der Waals surface area (Å²) in [7, 11) is 0. The zero-order chi connectivity index (χ0) is 20.4. The summed E-state index contributed by atoms with van der Waals surface area (Å²) in [5, 5.41) is 1.08. The number of nitrogens with zero attached hydrogens (tertiary/aromatic N) is 2. The number of rotatable bonds is 6. The van der Waals surface area contributed by atoms with Crippen LogP contribution >= 0.6 is 59.8 Å². The summed E-state index contributed by atoms with van der Waals surface area (Å²) in [4.78, 5) is 5.30. The zero-order valence-electron chi connectivity index (χ0n) is 16.7. The number of aryl methyl sites for hydroxylation is 1. The maximum atomic E-state index is 6.51. The van der Waals surface area contributed by atoms with E-state index in [0.29, 0.717) is 23.2 Å². The van der Waals surface area contributed by atoms with Gasteiger partial charge in [0.2, 0.25) is 5.79 Å². The topological polar surface area (TPSA) is 62.3 Å². The van der Waals surface area contributed by atoms with Crippen LogP contribution in [0, 0.1) is 6.92 Å². The molecule has 5 nitrogen and oxygen atoms in total. The summed E-state index contributed by atoms with van der Waals surface area (Å²) in [6, 6.07) is 11.3. The van der Waals surface area contributed by atoms with Crippen LogP contribution < -0.4 is 5.73 Å². The molecule has 1 aliphatic rings. The lowest BCUT2D eigenvalue weighted by molar-refractivity contribution is -0.184. The number of aromatic nitrogens is 2. The van der Waals surface area contributed by atoms with Gasteiger partial charge in [-0.05, 0) is 42.8 Å². The third kappa shape index (κ3) is 6.02. The Hall–Kier alpha value is -1.12. The van der Waals surface area contributed by atoms with Crippen LogP contribution in [0.1, 0.15) is 11.1 Å². The molecule has 0 spiro atoms. The normalized spacial score (nSPS) is 20.2. The van der Waals surface area contributed by atoms with Gasteiger partial charge in [0, 0.05) is 39.3 Å². The smallest absolute Gasteiger partial charge is 0.215 e. The van der Waals surface area contributed by atoms with Crippen molar-refractivity contribution in [1.82, 2.24) is 9.55 Å². The molecule has 2 atom stereocenters. The number of nitrogens with two attached hydrogens (primary N) is 1. The Kier molecular flexibility index (Phi) is 9.40. The van der Waals surface area contributed by atoms with Crippen molar-refractivity contribution in [2.24, 2.45) is 0 Å². The van der Waals surface area contributed by atoms with Crippen LogP contribution in [0.2, 0.25) is 10.0 Å². The molecule has 1 aromatic heterocycles. The fourth-order valence-corrected chi connectivity index (χ4v) is 4.93. The quantitative estimate of drug-likeness (QED) is 0.318. The van der Waals surface area contributed by atoms with E-state index >= 15 is 0 Å². The van der Waals surface area contributed by atoms with E-state index < -0.39 is 5.79 Å². The Balaban J connectivity index is 0.00000171. The minimum Gasteiger partial charge on any atom is -0.399 e. The summed E-state index contributed by atoms with van der Waals surface area (Å²) in [6.45, 7) is 2.96. The highest BCUT2D eigenvalue weighted by Crippen LogP contribution is 2.41. The molecule has 0 aliphatic carbocycles. The molecule has 4 rings (SSSR count). The summed E-state index contributed by atoms with van der Waals surface area (Å²) < 4.78 is 14.6. The Labute approximate surface area is 208 Å². The van der Waals surface area contributed by atoms with Gasteiger partial charge in [0.1, 0.15) is 0 Å². The molecule has 10 heteroatoms. The van der Waals surface area contributed by atoms with E-state index in [4.69, 9.17) is 38.4 Å². The van der Waals surface area contributed by atoms with Gasteiger partial charge in [-0.2, -0.15) is 0 Å². The standard InChI is InChI=1S/C21H21Cl2N3O2S.2ClH/c1-14-8-16(24)3-5-20(14)29-11-17-10-27-21(28-17,12-26-7-6-25-13-26)18-4-2-15(22)9-19(18)23;;/h2-9,13,17H,10-12,24H2,1H3;2*1H/t17-,21+;;/m0../s1. The van der Waals surface area contributed by atoms with E-state index in [1.807, 2.05) is 35.0 Å². The summed E-state index contributed by atoms with van der Waals surface area (Å²) in [5.41, 5.74) is 8.53. The first kappa shape index (κ1) is 26.1. The molecule has 0 bridgehead atoms. The first-order chi connectivity index (χ1) is 13.9. The van der Waals surface area contributed by atoms with Crippen molar-refractivity contribution in [2.75, 3.05) is 18.1 Å². The molecule has 2 aromatic carbocycles. The number of benzene rings is 2. The van der Waals surface area contributed by atoms with Crippen molar-refractivity contribution in [1.29, 1.82) is 0 Å². The lowest BCUT2D eigenvalue weighted by Gasteiger charge is -2.30. The Morgan fingerprint density at radius 1 is 1.23 bits per heavy atom. The molecule has 2 heterocycles. The molecule has 1 aliphatic heterocycles. The second kappa shape index (κ2) is 11.1. The first-order valence-corrected chi connectivity index (χ1v) is 10.9. The number of thioether (sulfide) groups is 1. The average molecular weight is 523 g/mol. The van der Waals surface area contributed by atoms with Crippen LogP contribution in [-0.4, -0.2) is 28.0 Å². The molecular formula is C21H23Cl4N3O2S. The molecule has 31 heavy (non-hydrogen) atoms. The van der Waals surface area contributed by atoms with Crippen LogP contribution in [0.25, 0.3) is 0 Å². The van der Waals surface area contributed by atoms with Gasteiger partial charge in [-0.15, -0.1) is 36.6 Å². The highest BCUT2D eigenvalue weighted by Gasteiger charge is 2.45. The van der Waals surface area contributed by atoms with Crippen molar-refractivity contribution < 1.29 is 9.47 Å². The van der Waals surface area contributed by atoms with E-state index in [-0.39, 0.29) is 30.9 Å². The molecule has 0 amide bonds. The van der Waals surface area contributed by atoms with Crippen LogP contribution in [0.4, 0.5) is 5.69 Å². The number of ether oxygens (including phenoxy) is 2. The van der Waals surface area contributed by atoms with Crippen molar-refractivity contribution in [3.63, 3.8) is 0 Å². The Morgan fingerprint density at radius 2 is 2.03 bits per heavy atom. The van der Waals surface area contributed by atoms with Crippen molar-refractivity contribution >= 4 is 65.5 Å². The molecule has 0 saturated carbocycles. The summed E-state index contributed by atoms with van der Waals surface area (Å²) in [6.07, 6.45) is 5.24. The Morgan fingerprint density at radius 3 is 2.71 bits per heavy atom. The van der Waals surface area contributed by atoms with Crippen LogP contribution in [0.5, 0.6) is 0 Å². The zero-order valence-corrected chi connectivity index (χ0v) is 20.6. The van der Waals surface area contributed by atoms with Crippen molar-refractivity contribution in [3.8, 4) is 0 Å². The molecule has 0 radical (unpaired) electrons. The highest BCUT2D eigenvalue weighted by atomic mass is 35.5. The number of hydrogen-bond acceptors (Lipinski definition) is 5. The number of nitrogen functional groups attached to an aromatic ring is 1. The monoisotopic (exact) mass is 521 g/mol. The van der Waals surface area contributed by atoms with Gasteiger partial charge >= 0.3 is 0 Å². The predicted molar refractivity (Wildman–Crippen MR) is 132 cm³/mol. The van der Waals surface area contributed by atoms with E-state index in [9.17, 15) is 0 Å². The van der Waals surface area contributed by atoms with Gasteiger partial charge in [0.15, 0.2) is 0 Å². The van der Waals surface area contributed by atoms with Crippen LogP contribution in [0.15, 0.2) is 60.0 Å². The van der Waals surface area contributed by atoms with Crippen molar-refractivity contribution in [3.05, 3.63) is 76.3 Å².